The van der Waals surface area contributed by atoms with Crippen LogP contribution in [0, 0.1) is 11.3 Å². The first-order valence-corrected chi connectivity index (χ1v) is 12.3. The third-order valence-electron chi connectivity index (χ3n) is 6.58. The molecule has 2 nitrogen and oxygen atoms in total. The molecule has 0 amide bonds. The first-order valence-electron chi connectivity index (χ1n) is 12.3. The molecular weight excluding hydrogens is 330 g/mol. The van der Waals surface area contributed by atoms with Crippen molar-refractivity contribution in [2.45, 2.75) is 137 Å². The molecule has 0 N–H and O–H groups in total. The number of ether oxygens (including phenoxy) is 1. The van der Waals surface area contributed by atoms with E-state index < -0.39 is 0 Å². The minimum Gasteiger partial charge on any atom is -0.350 e. The highest BCUT2D eigenvalue weighted by Crippen LogP contribution is 2.39. The molecule has 0 spiro atoms. The normalized spacial score (nSPS) is 19.5. The quantitative estimate of drug-likeness (QED) is 0.233. The summed E-state index contributed by atoms with van der Waals surface area (Å²) in [5, 5.41) is 0. The summed E-state index contributed by atoms with van der Waals surface area (Å²) >= 11 is 0. The number of rotatable bonds is 17. The molecule has 1 aliphatic heterocycles. The van der Waals surface area contributed by atoms with E-state index in [0.29, 0.717) is 18.8 Å². The fourth-order valence-electron chi connectivity index (χ4n) is 4.72. The molecule has 0 fully saturated rings. The minimum absolute atomic E-state index is 0.250. The van der Waals surface area contributed by atoms with Crippen LogP contribution in [0.25, 0.3) is 0 Å². The highest BCUT2D eigenvalue weighted by Gasteiger charge is 2.40. The average Bonchev–Trinajstić information content (AvgIpc) is 3.16. The van der Waals surface area contributed by atoms with Gasteiger partial charge in [-0.15, -0.1) is 0 Å². The molecule has 160 valence electrons. The lowest BCUT2D eigenvalue weighted by atomic mass is 9.71. The summed E-state index contributed by atoms with van der Waals surface area (Å²) in [4.78, 5) is 4.99. The van der Waals surface area contributed by atoms with E-state index in [1.165, 1.54) is 102 Å². The molecule has 2 unspecified atom stereocenters. The Morgan fingerprint density at radius 1 is 0.815 bits per heavy atom. The second-order valence-electron chi connectivity index (χ2n) is 9.13. The van der Waals surface area contributed by atoms with Crippen LogP contribution in [-0.2, 0) is 4.74 Å². The van der Waals surface area contributed by atoms with Crippen LogP contribution in [0.3, 0.4) is 0 Å². The monoisotopic (exact) mass is 379 g/mol. The fraction of sp³-hybridized carbons (Fsp3) is 0.960. The van der Waals surface area contributed by atoms with E-state index in [2.05, 4.69) is 34.6 Å². The van der Waals surface area contributed by atoms with Gasteiger partial charge in [0, 0.05) is 5.41 Å². The summed E-state index contributed by atoms with van der Waals surface area (Å²) in [6.07, 6.45) is 20.1. The zero-order valence-electron chi connectivity index (χ0n) is 19.3. The fourth-order valence-corrected chi connectivity index (χ4v) is 4.72. The lowest BCUT2D eigenvalue weighted by Crippen LogP contribution is -2.40. The SMILES string of the molecule is CCCCCC(CCCCC)C1OCN=C1C(C)(CCCC)CCCCC. The van der Waals surface area contributed by atoms with Crippen LogP contribution in [0.1, 0.15) is 131 Å². The summed E-state index contributed by atoms with van der Waals surface area (Å²) < 4.78 is 6.32. The van der Waals surface area contributed by atoms with Crippen LogP contribution in [-0.4, -0.2) is 18.5 Å². The van der Waals surface area contributed by atoms with Crippen molar-refractivity contribution in [2.24, 2.45) is 16.3 Å². The predicted octanol–water partition coefficient (Wildman–Crippen LogP) is 8.34. The molecule has 0 aromatic carbocycles. The van der Waals surface area contributed by atoms with Gasteiger partial charge in [0.2, 0.25) is 0 Å². The Bertz CT molecular complexity index is 382. The third kappa shape index (κ3) is 8.67. The molecule has 0 aliphatic carbocycles. The molecule has 2 atom stereocenters. The summed E-state index contributed by atoms with van der Waals surface area (Å²) in [6.45, 7) is 12.3. The topological polar surface area (TPSA) is 21.6 Å². The van der Waals surface area contributed by atoms with Crippen molar-refractivity contribution in [3.8, 4) is 0 Å². The largest absolute Gasteiger partial charge is 0.350 e. The van der Waals surface area contributed by atoms with Crippen molar-refractivity contribution in [2.75, 3.05) is 6.73 Å². The van der Waals surface area contributed by atoms with Crippen LogP contribution in [0.15, 0.2) is 4.99 Å². The van der Waals surface area contributed by atoms with Gasteiger partial charge in [-0.2, -0.15) is 0 Å². The Balaban J connectivity index is 2.87. The van der Waals surface area contributed by atoms with Crippen LogP contribution >= 0.6 is 0 Å². The maximum absolute atomic E-state index is 6.32. The van der Waals surface area contributed by atoms with Gasteiger partial charge in [0.05, 0.1) is 5.71 Å². The summed E-state index contributed by atoms with van der Waals surface area (Å²) in [7, 11) is 0. The Hall–Kier alpha value is -0.370. The molecule has 2 heteroatoms. The molecule has 27 heavy (non-hydrogen) atoms. The Labute approximate surface area is 171 Å². The number of hydrogen-bond donors (Lipinski definition) is 0. The van der Waals surface area contributed by atoms with Crippen molar-refractivity contribution in [1.82, 2.24) is 0 Å². The molecule has 0 saturated heterocycles. The van der Waals surface area contributed by atoms with Gasteiger partial charge in [-0.3, -0.25) is 4.99 Å². The van der Waals surface area contributed by atoms with Crippen molar-refractivity contribution >= 4 is 5.71 Å². The van der Waals surface area contributed by atoms with Gasteiger partial charge in [-0.1, -0.05) is 105 Å². The molecule has 0 bridgehead atoms. The zero-order valence-corrected chi connectivity index (χ0v) is 19.3. The minimum atomic E-state index is 0.250. The van der Waals surface area contributed by atoms with Gasteiger partial charge in [0.1, 0.15) is 12.8 Å². The van der Waals surface area contributed by atoms with E-state index in [0.717, 1.165) is 0 Å². The number of aliphatic imine (C=N–C) groups is 1. The Morgan fingerprint density at radius 3 is 1.89 bits per heavy atom. The van der Waals surface area contributed by atoms with Crippen molar-refractivity contribution in [3.63, 3.8) is 0 Å². The lowest BCUT2D eigenvalue weighted by molar-refractivity contribution is 0.0687. The van der Waals surface area contributed by atoms with Crippen molar-refractivity contribution in [3.05, 3.63) is 0 Å². The highest BCUT2D eigenvalue weighted by molar-refractivity contribution is 5.95. The summed E-state index contributed by atoms with van der Waals surface area (Å²) in [6, 6.07) is 0. The second-order valence-corrected chi connectivity index (χ2v) is 9.13. The van der Waals surface area contributed by atoms with E-state index in [4.69, 9.17) is 9.73 Å². The first-order chi connectivity index (χ1) is 13.1. The van der Waals surface area contributed by atoms with Crippen molar-refractivity contribution in [1.29, 1.82) is 0 Å². The van der Waals surface area contributed by atoms with Gasteiger partial charge >= 0.3 is 0 Å². The van der Waals surface area contributed by atoms with E-state index in [1.54, 1.807) is 0 Å². The summed E-state index contributed by atoms with van der Waals surface area (Å²) in [5.41, 5.74) is 1.69. The maximum atomic E-state index is 6.32. The standard InChI is InChI=1S/C25H49NO/c1-6-10-14-17-22(18-15-11-7-2)23-24(26-21-27-23)25(5,19-13-9-4)20-16-12-8-3/h22-23H,6-21H2,1-5H3. The van der Waals surface area contributed by atoms with Crippen molar-refractivity contribution < 1.29 is 4.74 Å². The second kappa shape index (κ2) is 14.6. The third-order valence-corrected chi connectivity index (χ3v) is 6.58. The predicted molar refractivity (Wildman–Crippen MR) is 121 cm³/mol. The summed E-state index contributed by atoms with van der Waals surface area (Å²) in [5.74, 6) is 0.677. The van der Waals surface area contributed by atoms with Crippen LogP contribution < -0.4 is 0 Å². The number of nitrogens with zero attached hydrogens (tertiary/aromatic N) is 1. The van der Waals surface area contributed by atoms with Crippen LogP contribution in [0.2, 0.25) is 0 Å². The average molecular weight is 380 g/mol. The lowest BCUT2D eigenvalue weighted by Gasteiger charge is -2.36. The Morgan fingerprint density at radius 2 is 1.33 bits per heavy atom. The first kappa shape index (κ1) is 24.7. The van der Waals surface area contributed by atoms with Crippen LogP contribution in [0.5, 0.6) is 0 Å². The van der Waals surface area contributed by atoms with E-state index in [1.807, 2.05) is 0 Å². The van der Waals surface area contributed by atoms with E-state index in [9.17, 15) is 0 Å². The highest BCUT2D eigenvalue weighted by atomic mass is 16.5. The molecule has 1 aliphatic rings. The molecule has 0 aromatic heterocycles. The zero-order chi connectivity index (χ0) is 20.0. The van der Waals surface area contributed by atoms with Gasteiger partial charge < -0.3 is 4.74 Å². The van der Waals surface area contributed by atoms with Gasteiger partial charge in [-0.05, 0) is 31.6 Å². The Kier molecular flexibility index (Phi) is 13.3. The molecule has 0 radical (unpaired) electrons. The van der Waals surface area contributed by atoms with E-state index >= 15 is 0 Å². The van der Waals surface area contributed by atoms with Crippen LogP contribution in [0.4, 0.5) is 0 Å². The van der Waals surface area contributed by atoms with Gasteiger partial charge in [-0.25, -0.2) is 0 Å². The molecule has 1 heterocycles. The smallest absolute Gasteiger partial charge is 0.138 e. The molecule has 1 rings (SSSR count). The molecule has 0 aromatic rings. The van der Waals surface area contributed by atoms with Gasteiger partial charge in [0.25, 0.3) is 0 Å². The number of unbranched alkanes of at least 4 members (excludes halogenated alkanes) is 7. The molecule has 0 saturated carbocycles. The maximum Gasteiger partial charge on any atom is 0.138 e. The number of hydrogen-bond acceptors (Lipinski definition) is 2. The van der Waals surface area contributed by atoms with Gasteiger partial charge in [0.15, 0.2) is 0 Å². The molecular formula is C25H49NO. The van der Waals surface area contributed by atoms with E-state index in [-0.39, 0.29) is 5.41 Å².